The van der Waals surface area contributed by atoms with Gasteiger partial charge >= 0.3 is 0 Å². The molecule has 1 aliphatic heterocycles. The minimum Gasteiger partial charge on any atom is -0.369 e. The molecule has 1 aliphatic rings. The number of nitrogens with zero attached hydrogens (tertiary/aromatic N) is 3. The molecule has 1 atom stereocenters. The maximum Gasteiger partial charge on any atom is 0.222 e. The van der Waals surface area contributed by atoms with Crippen molar-refractivity contribution in [3.05, 3.63) is 11.6 Å². The Kier molecular flexibility index (Phi) is 1.79. The number of carbonyl (C=O) groups excluding carboxylic acids is 1. The molecule has 1 aromatic heterocycles. The largest absolute Gasteiger partial charge is 0.369 e. The standard InChI is InChI=1S/C8H12N4O/c1-5-10-11-7-3-2-6(8(9)13)4-12(5)7/h6H,2-4H2,1H3,(H2,9,13). The fourth-order valence-corrected chi connectivity index (χ4v) is 1.69. The van der Waals surface area contributed by atoms with Crippen LogP contribution in [-0.4, -0.2) is 20.7 Å². The molecule has 0 bridgehead atoms. The van der Waals surface area contributed by atoms with Gasteiger partial charge in [-0.25, -0.2) is 0 Å². The van der Waals surface area contributed by atoms with Crippen LogP contribution in [0.5, 0.6) is 0 Å². The summed E-state index contributed by atoms with van der Waals surface area (Å²) in [7, 11) is 0. The van der Waals surface area contributed by atoms with Gasteiger partial charge in [0.1, 0.15) is 11.6 Å². The van der Waals surface area contributed by atoms with Gasteiger partial charge in [0, 0.05) is 13.0 Å². The zero-order valence-electron chi connectivity index (χ0n) is 7.53. The van der Waals surface area contributed by atoms with Gasteiger partial charge < -0.3 is 10.3 Å². The van der Waals surface area contributed by atoms with Gasteiger partial charge in [-0.1, -0.05) is 0 Å². The third-order valence-corrected chi connectivity index (χ3v) is 2.53. The number of carbonyl (C=O) groups is 1. The van der Waals surface area contributed by atoms with E-state index in [-0.39, 0.29) is 11.8 Å². The number of rotatable bonds is 1. The van der Waals surface area contributed by atoms with Crippen molar-refractivity contribution in [2.45, 2.75) is 26.3 Å². The van der Waals surface area contributed by atoms with Crippen LogP contribution in [0.2, 0.25) is 0 Å². The Bertz CT molecular complexity index is 344. The highest BCUT2D eigenvalue weighted by atomic mass is 16.1. The van der Waals surface area contributed by atoms with Gasteiger partial charge in [-0.15, -0.1) is 10.2 Å². The lowest BCUT2D eigenvalue weighted by Gasteiger charge is -2.20. The molecule has 0 radical (unpaired) electrons. The SMILES string of the molecule is Cc1nnc2n1CC(C(N)=O)CC2. The van der Waals surface area contributed by atoms with Crippen molar-refractivity contribution in [1.29, 1.82) is 0 Å². The van der Waals surface area contributed by atoms with Crippen molar-refractivity contribution in [2.24, 2.45) is 11.7 Å². The second-order valence-electron chi connectivity index (χ2n) is 3.41. The first kappa shape index (κ1) is 8.22. The average molecular weight is 180 g/mol. The molecule has 2 heterocycles. The van der Waals surface area contributed by atoms with E-state index in [0.29, 0.717) is 6.54 Å². The molecule has 0 aliphatic carbocycles. The molecule has 0 saturated carbocycles. The molecule has 5 heteroatoms. The second kappa shape index (κ2) is 2.83. The van der Waals surface area contributed by atoms with Crippen LogP contribution in [0, 0.1) is 12.8 Å². The van der Waals surface area contributed by atoms with E-state index < -0.39 is 0 Å². The van der Waals surface area contributed by atoms with Crippen LogP contribution in [0.4, 0.5) is 0 Å². The third kappa shape index (κ3) is 1.30. The van der Waals surface area contributed by atoms with Gasteiger partial charge in [-0.3, -0.25) is 4.79 Å². The van der Waals surface area contributed by atoms with Crippen molar-refractivity contribution < 1.29 is 4.79 Å². The molecule has 1 amide bonds. The zero-order valence-corrected chi connectivity index (χ0v) is 7.53. The smallest absolute Gasteiger partial charge is 0.222 e. The summed E-state index contributed by atoms with van der Waals surface area (Å²) in [6.45, 7) is 2.53. The molecule has 5 nitrogen and oxygen atoms in total. The first-order chi connectivity index (χ1) is 6.18. The zero-order chi connectivity index (χ0) is 9.42. The minimum absolute atomic E-state index is 0.0535. The summed E-state index contributed by atoms with van der Waals surface area (Å²) < 4.78 is 1.97. The van der Waals surface area contributed by atoms with Gasteiger partial charge in [0.25, 0.3) is 0 Å². The number of aryl methyl sites for hydroxylation is 2. The predicted molar refractivity (Wildman–Crippen MR) is 45.8 cm³/mol. The molecule has 0 spiro atoms. The lowest BCUT2D eigenvalue weighted by atomic mass is 9.99. The highest BCUT2D eigenvalue weighted by Crippen LogP contribution is 2.18. The minimum atomic E-state index is -0.223. The fraction of sp³-hybridized carbons (Fsp3) is 0.625. The summed E-state index contributed by atoms with van der Waals surface area (Å²) in [6, 6.07) is 0. The summed E-state index contributed by atoms with van der Waals surface area (Å²) in [5.41, 5.74) is 5.25. The van der Waals surface area contributed by atoms with Crippen LogP contribution in [0.3, 0.4) is 0 Å². The van der Waals surface area contributed by atoms with Crippen molar-refractivity contribution in [3.63, 3.8) is 0 Å². The molecular formula is C8H12N4O. The van der Waals surface area contributed by atoms with Gasteiger partial charge in [-0.2, -0.15) is 0 Å². The number of fused-ring (bicyclic) bond motifs is 1. The van der Waals surface area contributed by atoms with E-state index >= 15 is 0 Å². The molecule has 2 N–H and O–H groups in total. The van der Waals surface area contributed by atoms with Crippen LogP contribution < -0.4 is 5.73 Å². The van der Waals surface area contributed by atoms with E-state index in [1.807, 2.05) is 11.5 Å². The van der Waals surface area contributed by atoms with Gasteiger partial charge in [-0.05, 0) is 13.3 Å². The van der Waals surface area contributed by atoms with E-state index in [4.69, 9.17) is 5.73 Å². The summed E-state index contributed by atoms with van der Waals surface area (Å²) in [5, 5.41) is 7.96. The molecule has 13 heavy (non-hydrogen) atoms. The molecule has 1 aromatic rings. The van der Waals surface area contributed by atoms with Crippen LogP contribution in [0.25, 0.3) is 0 Å². The number of nitrogens with two attached hydrogens (primary N) is 1. The van der Waals surface area contributed by atoms with Crippen molar-refractivity contribution in [3.8, 4) is 0 Å². The average Bonchev–Trinajstić information content (AvgIpc) is 2.47. The Hall–Kier alpha value is -1.39. The van der Waals surface area contributed by atoms with Crippen LogP contribution in [0.1, 0.15) is 18.1 Å². The molecule has 2 rings (SSSR count). The van der Waals surface area contributed by atoms with E-state index in [1.165, 1.54) is 0 Å². The van der Waals surface area contributed by atoms with Gasteiger partial charge in [0.15, 0.2) is 0 Å². The first-order valence-electron chi connectivity index (χ1n) is 4.36. The van der Waals surface area contributed by atoms with E-state index in [9.17, 15) is 4.79 Å². The molecule has 1 unspecified atom stereocenters. The Morgan fingerprint density at radius 1 is 1.62 bits per heavy atom. The van der Waals surface area contributed by atoms with Crippen LogP contribution in [-0.2, 0) is 17.8 Å². The van der Waals surface area contributed by atoms with Crippen molar-refractivity contribution in [1.82, 2.24) is 14.8 Å². The Morgan fingerprint density at radius 3 is 3.08 bits per heavy atom. The van der Waals surface area contributed by atoms with E-state index in [2.05, 4.69) is 10.2 Å². The third-order valence-electron chi connectivity index (χ3n) is 2.53. The van der Waals surface area contributed by atoms with Gasteiger partial charge in [0.2, 0.25) is 5.91 Å². The van der Waals surface area contributed by atoms with Crippen LogP contribution >= 0.6 is 0 Å². The fourth-order valence-electron chi connectivity index (χ4n) is 1.69. The number of primary amides is 1. The Balaban J connectivity index is 2.27. The topological polar surface area (TPSA) is 73.8 Å². The monoisotopic (exact) mass is 180 g/mol. The predicted octanol–water partition coefficient (Wildman–Crippen LogP) is -0.366. The maximum absolute atomic E-state index is 11.0. The summed E-state index contributed by atoms with van der Waals surface area (Å²) in [5.74, 6) is 1.55. The Morgan fingerprint density at radius 2 is 2.38 bits per heavy atom. The van der Waals surface area contributed by atoms with Crippen molar-refractivity contribution in [2.75, 3.05) is 0 Å². The number of hydrogen-bond donors (Lipinski definition) is 1. The Labute approximate surface area is 75.9 Å². The van der Waals surface area contributed by atoms with E-state index in [1.54, 1.807) is 0 Å². The highest BCUT2D eigenvalue weighted by Gasteiger charge is 2.24. The number of hydrogen-bond acceptors (Lipinski definition) is 3. The first-order valence-corrected chi connectivity index (χ1v) is 4.36. The second-order valence-corrected chi connectivity index (χ2v) is 3.41. The number of aromatic nitrogens is 3. The number of amides is 1. The summed E-state index contributed by atoms with van der Waals surface area (Å²) >= 11 is 0. The van der Waals surface area contributed by atoms with E-state index in [0.717, 1.165) is 24.5 Å². The van der Waals surface area contributed by atoms with Gasteiger partial charge in [0.05, 0.1) is 5.92 Å². The summed E-state index contributed by atoms with van der Waals surface area (Å²) in [6.07, 6.45) is 1.60. The molecule has 0 saturated heterocycles. The normalized spacial score (nSPS) is 21.2. The quantitative estimate of drug-likeness (QED) is 0.641. The lowest BCUT2D eigenvalue weighted by molar-refractivity contribution is -0.122. The summed E-state index contributed by atoms with van der Waals surface area (Å²) in [4.78, 5) is 11.0. The molecule has 0 aromatic carbocycles. The molecular weight excluding hydrogens is 168 g/mol. The highest BCUT2D eigenvalue weighted by molar-refractivity contribution is 5.76. The lowest BCUT2D eigenvalue weighted by Crippen LogP contribution is -2.32. The van der Waals surface area contributed by atoms with Crippen molar-refractivity contribution >= 4 is 5.91 Å². The molecule has 0 fully saturated rings. The maximum atomic E-state index is 11.0. The van der Waals surface area contributed by atoms with Crippen LogP contribution in [0.15, 0.2) is 0 Å². The molecule has 70 valence electrons.